The number of rotatable bonds is 1. The van der Waals surface area contributed by atoms with Crippen LogP contribution in [-0.4, -0.2) is 19.0 Å². The zero-order chi connectivity index (χ0) is 11.9. The van der Waals surface area contributed by atoms with Crippen molar-refractivity contribution in [2.24, 2.45) is 11.7 Å². The summed E-state index contributed by atoms with van der Waals surface area (Å²) in [7, 11) is 0. The highest BCUT2D eigenvalue weighted by molar-refractivity contribution is 5.80. The fourth-order valence-corrected chi connectivity index (χ4v) is 3.63. The number of benzene rings is 1. The zero-order valence-corrected chi connectivity index (χ0v) is 9.91. The molecule has 3 N–H and O–H groups in total. The summed E-state index contributed by atoms with van der Waals surface area (Å²) in [6.45, 7) is 1.61. The molecule has 3 nitrogen and oxygen atoms in total. The Kier molecular flexibility index (Phi) is 2.44. The van der Waals surface area contributed by atoms with Crippen LogP contribution in [0.5, 0.6) is 0 Å². The van der Waals surface area contributed by atoms with Crippen molar-refractivity contribution in [1.29, 1.82) is 0 Å². The van der Waals surface area contributed by atoms with Gasteiger partial charge in [0, 0.05) is 18.5 Å². The van der Waals surface area contributed by atoms with E-state index in [0.29, 0.717) is 0 Å². The van der Waals surface area contributed by atoms with Gasteiger partial charge in [-0.15, -0.1) is 0 Å². The number of nitrogens with one attached hydrogen (secondary N) is 1. The fraction of sp³-hybridized carbons (Fsp3) is 0.500. The summed E-state index contributed by atoms with van der Waals surface area (Å²) in [5.41, 5.74) is 8.28. The molecule has 1 aliphatic heterocycles. The Morgan fingerprint density at radius 3 is 3.06 bits per heavy atom. The molecule has 1 aromatic carbocycles. The van der Waals surface area contributed by atoms with Crippen LogP contribution in [0.25, 0.3) is 0 Å². The molecule has 1 amide bonds. The molecular weight excluding hydrogens is 212 g/mol. The smallest absolute Gasteiger partial charge is 0.222 e. The Hall–Kier alpha value is -1.35. The summed E-state index contributed by atoms with van der Waals surface area (Å²) < 4.78 is 0. The summed E-state index contributed by atoms with van der Waals surface area (Å²) >= 11 is 0. The van der Waals surface area contributed by atoms with Crippen molar-refractivity contribution < 1.29 is 4.79 Å². The highest BCUT2D eigenvalue weighted by Crippen LogP contribution is 2.44. The van der Waals surface area contributed by atoms with Gasteiger partial charge in [0.2, 0.25) is 5.91 Å². The van der Waals surface area contributed by atoms with Crippen molar-refractivity contribution in [3.63, 3.8) is 0 Å². The Bertz CT molecular complexity index is 457. The van der Waals surface area contributed by atoms with Gasteiger partial charge in [-0.3, -0.25) is 4.79 Å². The van der Waals surface area contributed by atoms with Gasteiger partial charge in [0.15, 0.2) is 0 Å². The molecule has 1 aromatic rings. The lowest BCUT2D eigenvalue weighted by molar-refractivity contribution is -0.123. The predicted octanol–water partition coefficient (Wildman–Crippen LogP) is 0.965. The molecule has 1 aliphatic carbocycles. The standard InChI is InChI=1S/C14H18N2O/c15-13(17)12-8-16-9-14(12)7-3-5-10-4-1-2-6-11(10)14/h1-2,4,6,12,16H,3,5,7-9H2,(H2,15,17). The Labute approximate surface area is 101 Å². The van der Waals surface area contributed by atoms with Crippen LogP contribution in [0, 0.1) is 5.92 Å². The molecule has 3 heteroatoms. The van der Waals surface area contributed by atoms with E-state index in [1.54, 1.807) is 0 Å². The number of primary amides is 1. The first-order chi connectivity index (χ1) is 8.24. The molecule has 2 atom stereocenters. The summed E-state index contributed by atoms with van der Waals surface area (Å²) in [6, 6.07) is 8.52. The van der Waals surface area contributed by atoms with E-state index in [9.17, 15) is 4.79 Å². The van der Waals surface area contributed by atoms with E-state index < -0.39 is 0 Å². The van der Waals surface area contributed by atoms with Crippen LogP contribution in [0.1, 0.15) is 24.0 Å². The van der Waals surface area contributed by atoms with Gasteiger partial charge in [0.1, 0.15) is 0 Å². The van der Waals surface area contributed by atoms with E-state index in [-0.39, 0.29) is 17.2 Å². The molecule has 17 heavy (non-hydrogen) atoms. The van der Waals surface area contributed by atoms with Crippen LogP contribution >= 0.6 is 0 Å². The molecule has 1 heterocycles. The minimum absolute atomic E-state index is 0.0410. The summed E-state index contributed by atoms with van der Waals surface area (Å²) in [5, 5.41) is 3.35. The van der Waals surface area contributed by atoms with Crippen LogP contribution in [-0.2, 0) is 16.6 Å². The SMILES string of the molecule is NC(=O)C1CNCC12CCCc1ccccc12. The van der Waals surface area contributed by atoms with Crippen molar-refractivity contribution in [2.45, 2.75) is 24.7 Å². The molecule has 1 fully saturated rings. The van der Waals surface area contributed by atoms with Crippen molar-refractivity contribution >= 4 is 5.91 Å². The third kappa shape index (κ3) is 1.49. The molecule has 3 rings (SSSR count). The topological polar surface area (TPSA) is 55.1 Å². The molecule has 2 aliphatic rings. The normalized spacial score (nSPS) is 31.4. The maximum absolute atomic E-state index is 11.7. The monoisotopic (exact) mass is 230 g/mol. The van der Waals surface area contributed by atoms with Gasteiger partial charge in [0.25, 0.3) is 0 Å². The molecule has 90 valence electrons. The van der Waals surface area contributed by atoms with Gasteiger partial charge in [0.05, 0.1) is 5.92 Å². The lowest BCUT2D eigenvalue weighted by Crippen LogP contribution is -2.44. The lowest BCUT2D eigenvalue weighted by atomic mass is 9.64. The second kappa shape index (κ2) is 3.84. The number of carbonyl (C=O) groups excluding carboxylic acids is 1. The van der Waals surface area contributed by atoms with Crippen molar-refractivity contribution in [1.82, 2.24) is 5.32 Å². The molecule has 0 aromatic heterocycles. The third-order valence-corrected chi connectivity index (χ3v) is 4.42. The Balaban J connectivity index is 2.12. The molecule has 0 saturated carbocycles. The van der Waals surface area contributed by atoms with Gasteiger partial charge >= 0.3 is 0 Å². The van der Waals surface area contributed by atoms with E-state index >= 15 is 0 Å². The van der Waals surface area contributed by atoms with Gasteiger partial charge in [-0.2, -0.15) is 0 Å². The largest absolute Gasteiger partial charge is 0.369 e. The zero-order valence-electron chi connectivity index (χ0n) is 9.91. The van der Waals surface area contributed by atoms with Crippen LogP contribution in [0.2, 0.25) is 0 Å². The first-order valence-corrected chi connectivity index (χ1v) is 6.32. The molecular formula is C14H18N2O. The molecule has 1 saturated heterocycles. The van der Waals surface area contributed by atoms with Crippen LogP contribution in [0.4, 0.5) is 0 Å². The van der Waals surface area contributed by atoms with Gasteiger partial charge in [-0.25, -0.2) is 0 Å². The van der Waals surface area contributed by atoms with Gasteiger partial charge in [-0.1, -0.05) is 24.3 Å². The first-order valence-electron chi connectivity index (χ1n) is 6.32. The lowest BCUT2D eigenvalue weighted by Gasteiger charge is -2.38. The van der Waals surface area contributed by atoms with E-state index in [1.165, 1.54) is 11.1 Å². The van der Waals surface area contributed by atoms with E-state index in [0.717, 1.165) is 32.4 Å². The van der Waals surface area contributed by atoms with Crippen molar-refractivity contribution in [3.05, 3.63) is 35.4 Å². The minimum atomic E-state index is -0.160. The Morgan fingerprint density at radius 1 is 1.41 bits per heavy atom. The van der Waals surface area contributed by atoms with Crippen LogP contribution in [0.3, 0.4) is 0 Å². The number of hydrogen-bond donors (Lipinski definition) is 2. The number of nitrogens with two attached hydrogens (primary N) is 1. The summed E-state index contributed by atoms with van der Waals surface area (Å²) in [5.74, 6) is -0.212. The molecule has 1 spiro atoms. The van der Waals surface area contributed by atoms with E-state index in [4.69, 9.17) is 5.73 Å². The summed E-state index contributed by atoms with van der Waals surface area (Å²) in [4.78, 5) is 11.7. The molecule has 0 radical (unpaired) electrons. The van der Waals surface area contributed by atoms with Crippen molar-refractivity contribution in [3.8, 4) is 0 Å². The quantitative estimate of drug-likeness (QED) is 0.755. The highest BCUT2D eigenvalue weighted by Gasteiger charge is 2.48. The molecule has 0 bridgehead atoms. The molecule has 2 unspecified atom stereocenters. The first kappa shape index (κ1) is 10.8. The van der Waals surface area contributed by atoms with Crippen molar-refractivity contribution in [2.75, 3.05) is 13.1 Å². The van der Waals surface area contributed by atoms with E-state index in [2.05, 4.69) is 29.6 Å². The second-order valence-corrected chi connectivity index (χ2v) is 5.25. The number of aryl methyl sites for hydroxylation is 1. The third-order valence-electron chi connectivity index (χ3n) is 4.42. The number of fused-ring (bicyclic) bond motifs is 2. The average Bonchev–Trinajstić information content (AvgIpc) is 2.74. The number of amides is 1. The Morgan fingerprint density at radius 2 is 2.24 bits per heavy atom. The van der Waals surface area contributed by atoms with Crippen LogP contribution < -0.4 is 11.1 Å². The minimum Gasteiger partial charge on any atom is -0.369 e. The highest BCUT2D eigenvalue weighted by atomic mass is 16.1. The average molecular weight is 230 g/mol. The van der Waals surface area contributed by atoms with Gasteiger partial charge < -0.3 is 11.1 Å². The maximum Gasteiger partial charge on any atom is 0.222 e. The fourth-order valence-electron chi connectivity index (χ4n) is 3.63. The predicted molar refractivity (Wildman–Crippen MR) is 66.6 cm³/mol. The second-order valence-electron chi connectivity index (χ2n) is 5.25. The summed E-state index contributed by atoms with van der Waals surface area (Å²) in [6.07, 6.45) is 3.36. The van der Waals surface area contributed by atoms with Gasteiger partial charge in [-0.05, 0) is 30.4 Å². The van der Waals surface area contributed by atoms with E-state index in [1.807, 2.05) is 0 Å². The van der Waals surface area contributed by atoms with Crippen LogP contribution in [0.15, 0.2) is 24.3 Å². The maximum atomic E-state index is 11.7. The number of hydrogen-bond acceptors (Lipinski definition) is 2. The number of carbonyl (C=O) groups is 1.